The molecule has 1 atom stereocenters. The van der Waals surface area contributed by atoms with E-state index >= 15 is 0 Å². The maximum absolute atomic E-state index is 13.3. The molecule has 0 aliphatic heterocycles. The van der Waals surface area contributed by atoms with Crippen molar-refractivity contribution in [2.75, 3.05) is 5.32 Å². The predicted molar refractivity (Wildman–Crippen MR) is 92.9 cm³/mol. The van der Waals surface area contributed by atoms with Crippen LogP contribution in [0.3, 0.4) is 0 Å². The Morgan fingerprint density at radius 2 is 1.92 bits per heavy atom. The lowest BCUT2D eigenvalue weighted by Gasteiger charge is -2.13. The first-order valence-electron chi connectivity index (χ1n) is 7.26. The fourth-order valence-electron chi connectivity index (χ4n) is 2.02. The van der Waals surface area contributed by atoms with Gasteiger partial charge in [0, 0.05) is 16.6 Å². The molecule has 0 saturated heterocycles. The minimum absolute atomic E-state index is 0.195. The lowest BCUT2D eigenvalue weighted by atomic mass is 10.1. The van der Waals surface area contributed by atoms with Crippen molar-refractivity contribution in [1.82, 2.24) is 0 Å². The standard InChI is InChI=1S/C17H17FN2O3S/c1-10-4-6-14(8-11(10)2)24-12(3)17(21)19-13-5-7-15(18)16(9-13)20(22)23/h4-9,12H,1-3H3,(H,19,21)/t12-/m0/s1. The summed E-state index contributed by atoms with van der Waals surface area (Å²) in [7, 11) is 0. The third kappa shape index (κ3) is 4.32. The van der Waals surface area contributed by atoms with Gasteiger partial charge in [-0.25, -0.2) is 0 Å². The Bertz CT molecular complexity index is 795. The van der Waals surface area contributed by atoms with Gasteiger partial charge in [0.25, 0.3) is 0 Å². The van der Waals surface area contributed by atoms with E-state index in [1.807, 2.05) is 32.0 Å². The molecule has 0 aliphatic rings. The summed E-state index contributed by atoms with van der Waals surface area (Å²) in [4.78, 5) is 23.1. The molecule has 0 saturated carbocycles. The van der Waals surface area contributed by atoms with E-state index in [1.54, 1.807) is 6.92 Å². The van der Waals surface area contributed by atoms with E-state index < -0.39 is 21.7 Å². The number of carbonyl (C=O) groups is 1. The molecule has 0 spiro atoms. The van der Waals surface area contributed by atoms with Crippen molar-refractivity contribution in [3.8, 4) is 0 Å². The number of nitro groups is 1. The Morgan fingerprint density at radius 3 is 2.54 bits per heavy atom. The van der Waals surface area contributed by atoms with Crippen LogP contribution in [-0.2, 0) is 4.79 Å². The van der Waals surface area contributed by atoms with Gasteiger partial charge >= 0.3 is 5.69 Å². The zero-order valence-corrected chi connectivity index (χ0v) is 14.3. The summed E-state index contributed by atoms with van der Waals surface area (Å²) in [6.07, 6.45) is 0. The molecule has 126 valence electrons. The van der Waals surface area contributed by atoms with E-state index in [1.165, 1.54) is 23.4 Å². The monoisotopic (exact) mass is 348 g/mol. The predicted octanol–water partition coefficient (Wildman–Crippen LogP) is 4.47. The van der Waals surface area contributed by atoms with Crippen LogP contribution in [0.4, 0.5) is 15.8 Å². The van der Waals surface area contributed by atoms with Crippen molar-refractivity contribution in [2.24, 2.45) is 0 Å². The maximum Gasteiger partial charge on any atom is 0.306 e. The first-order chi connectivity index (χ1) is 11.3. The number of nitrogens with zero attached hydrogens (tertiary/aromatic N) is 1. The second kappa shape index (κ2) is 7.44. The average molecular weight is 348 g/mol. The van der Waals surface area contributed by atoms with Crippen molar-refractivity contribution in [2.45, 2.75) is 30.9 Å². The van der Waals surface area contributed by atoms with Crippen LogP contribution in [0, 0.1) is 29.8 Å². The molecule has 0 aromatic heterocycles. The molecule has 0 bridgehead atoms. The molecule has 24 heavy (non-hydrogen) atoms. The van der Waals surface area contributed by atoms with Gasteiger partial charge < -0.3 is 5.32 Å². The summed E-state index contributed by atoms with van der Waals surface area (Å²) in [6, 6.07) is 9.22. The summed E-state index contributed by atoms with van der Waals surface area (Å²) >= 11 is 1.39. The highest BCUT2D eigenvalue weighted by Crippen LogP contribution is 2.27. The SMILES string of the molecule is Cc1ccc(S[C@@H](C)C(=O)Nc2ccc(F)c([N+](=O)[O-])c2)cc1C. The lowest BCUT2D eigenvalue weighted by Crippen LogP contribution is -2.22. The zero-order chi connectivity index (χ0) is 17.9. The molecule has 1 N–H and O–H groups in total. The number of nitrogens with one attached hydrogen (secondary N) is 1. The van der Waals surface area contributed by atoms with Crippen LogP contribution in [0.2, 0.25) is 0 Å². The normalized spacial score (nSPS) is 11.8. The molecule has 2 aromatic rings. The van der Waals surface area contributed by atoms with Crippen molar-refractivity contribution in [3.63, 3.8) is 0 Å². The molecule has 5 nitrogen and oxygen atoms in total. The number of hydrogen-bond acceptors (Lipinski definition) is 4. The molecule has 1 amide bonds. The molecule has 0 heterocycles. The van der Waals surface area contributed by atoms with Crippen molar-refractivity contribution in [3.05, 3.63) is 63.5 Å². The minimum atomic E-state index is -0.935. The van der Waals surface area contributed by atoms with Crippen LogP contribution in [-0.4, -0.2) is 16.1 Å². The van der Waals surface area contributed by atoms with E-state index in [0.29, 0.717) is 0 Å². The van der Waals surface area contributed by atoms with Gasteiger partial charge in [-0.3, -0.25) is 14.9 Å². The molecule has 7 heteroatoms. The van der Waals surface area contributed by atoms with E-state index in [-0.39, 0.29) is 11.6 Å². The van der Waals surface area contributed by atoms with Crippen LogP contribution in [0.25, 0.3) is 0 Å². The van der Waals surface area contributed by atoms with Crippen LogP contribution >= 0.6 is 11.8 Å². The number of nitro benzene ring substituents is 1. The highest BCUT2D eigenvalue weighted by atomic mass is 32.2. The molecule has 0 fully saturated rings. The second-order valence-electron chi connectivity index (χ2n) is 5.42. The Morgan fingerprint density at radius 1 is 1.21 bits per heavy atom. The van der Waals surface area contributed by atoms with Gasteiger partial charge in [0.15, 0.2) is 0 Å². The average Bonchev–Trinajstić information content (AvgIpc) is 2.52. The molecule has 0 unspecified atom stereocenters. The number of aryl methyl sites for hydroxylation is 2. The summed E-state index contributed by atoms with van der Waals surface area (Å²) in [5.74, 6) is -1.24. The van der Waals surface area contributed by atoms with Gasteiger partial charge in [-0.05, 0) is 56.2 Å². The van der Waals surface area contributed by atoms with E-state index in [9.17, 15) is 19.3 Å². The number of benzene rings is 2. The van der Waals surface area contributed by atoms with E-state index in [2.05, 4.69) is 5.32 Å². The molecular weight excluding hydrogens is 331 g/mol. The number of anilines is 1. The Balaban J connectivity index is 2.07. The number of halogens is 1. The third-order valence-electron chi connectivity index (χ3n) is 3.57. The van der Waals surface area contributed by atoms with Crippen molar-refractivity contribution >= 4 is 29.0 Å². The number of rotatable bonds is 5. The van der Waals surface area contributed by atoms with Crippen LogP contribution in [0.1, 0.15) is 18.1 Å². The molecular formula is C17H17FN2O3S. The number of amides is 1. The highest BCUT2D eigenvalue weighted by Gasteiger charge is 2.18. The second-order valence-corrected chi connectivity index (χ2v) is 6.83. The molecule has 2 rings (SSSR count). The van der Waals surface area contributed by atoms with Crippen molar-refractivity contribution < 1.29 is 14.1 Å². The summed E-state index contributed by atoms with van der Waals surface area (Å²) < 4.78 is 13.3. The van der Waals surface area contributed by atoms with E-state index in [0.717, 1.165) is 22.6 Å². The van der Waals surface area contributed by atoms with Crippen LogP contribution in [0.15, 0.2) is 41.3 Å². The topological polar surface area (TPSA) is 72.2 Å². The van der Waals surface area contributed by atoms with Gasteiger partial charge in [-0.2, -0.15) is 4.39 Å². The van der Waals surface area contributed by atoms with E-state index in [4.69, 9.17) is 0 Å². The Labute approximate surface area is 143 Å². The lowest BCUT2D eigenvalue weighted by molar-refractivity contribution is -0.387. The highest BCUT2D eigenvalue weighted by molar-refractivity contribution is 8.00. The van der Waals surface area contributed by atoms with Gasteiger partial charge in [0.05, 0.1) is 10.2 Å². The Kier molecular flexibility index (Phi) is 5.56. The number of hydrogen-bond donors (Lipinski definition) is 1. The Hall–Kier alpha value is -2.41. The summed E-state index contributed by atoms with van der Waals surface area (Å²) in [5, 5.41) is 12.9. The smallest absolute Gasteiger partial charge is 0.306 e. The fourth-order valence-corrected chi connectivity index (χ4v) is 2.98. The van der Waals surface area contributed by atoms with Gasteiger partial charge in [0.2, 0.25) is 11.7 Å². The first kappa shape index (κ1) is 17.9. The summed E-state index contributed by atoms with van der Waals surface area (Å²) in [6.45, 7) is 5.76. The first-order valence-corrected chi connectivity index (χ1v) is 8.14. The van der Waals surface area contributed by atoms with Crippen LogP contribution < -0.4 is 5.32 Å². The zero-order valence-electron chi connectivity index (χ0n) is 13.5. The molecule has 0 aliphatic carbocycles. The van der Waals surface area contributed by atoms with Crippen molar-refractivity contribution in [1.29, 1.82) is 0 Å². The summed E-state index contributed by atoms with van der Waals surface area (Å²) in [5.41, 5.74) is 1.85. The van der Waals surface area contributed by atoms with Gasteiger partial charge in [-0.15, -0.1) is 11.8 Å². The molecule has 0 radical (unpaired) electrons. The third-order valence-corrected chi connectivity index (χ3v) is 4.66. The maximum atomic E-state index is 13.3. The van der Waals surface area contributed by atoms with Crippen LogP contribution in [0.5, 0.6) is 0 Å². The number of carbonyl (C=O) groups excluding carboxylic acids is 1. The fraction of sp³-hybridized carbons (Fsp3) is 0.235. The largest absolute Gasteiger partial charge is 0.325 e. The minimum Gasteiger partial charge on any atom is -0.325 e. The quantitative estimate of drug-likeness (QED) is 0.491. The van der Waals surface area contributed by atoms with Gasteiger partial charge in [0.1, 0.15) is 0 Å². The number of thioether (sulfide) groups is 1. The van der Waals surface area contributed by atoms with Gasteiger partial charge in [-0.1, -0.05) is 6.07 Å². The molecule has 2 aromatic carbocycles.